The monoisotopic (exact) mass is 393 g/mol. The van der Waals surface area contributed by atoms with E-state index in [9.17, 15) is 4.79 Å². The lowest BCUT2D eigenvalue weighted by molar-refractivity contribution is 0.0752. The second kappa shape index (κ2) is 9.90. The Morgan fingerprint density at radius 2 is 1.82 bits per heavy atom. The number of hydrogen-bond acceptors (Lipinski definition) is 3. The average molecular weight is 394 g/mol. The van der Waals surface area contributed by atoms with Crippen molar-refractivity contribution in [1.29, 1.82) is 0 Å². The number of carbonyl (C=O) groups excluding carboxylic acids is 1. The first-order valence-electron chi connectivity index (χ1n) is 9.43. The highest BCUT2D eigenvalue weighted by Crippen LogP contribution is 2.13. The van der Waals surface area contributed by atoms with E-state index in [-0.39, 0.29) is 5.91 Å². The Labute approximate surface area is 171 Å². The van der Waals surface area contributed by atoms with Crippen LogP contribution in [0.5, 0.6) is 0 Å². The van der Waals surface area contributed by atoms with Crippen LogP contribution in [0.15, 0.2) is 72.9 Å². The molecule has 0 atom stereocenters. The van der Waals surface area contributed by atoms with Gasteiger partial charge in [-0.05, 0) is 48.7 Å². The van der Waals surface area contributed by atoms with Gasteiger partial charge >= 0.3 is 0 Å². The smallest absolute Gasteiger partial charge is 0.255 e. The molecule has 144 valence electrons. The maximum absolute atomic E-state index is 12.8. The van der Waals surface area contributed by atoms with Crippen molar-refractivity contribution in [3.05, 3.63) is 94.6 Å². The first-order valence-corrected chi connectivity index (χ1v) is 9.81. The number of aromatic nitrogens is 1. The van der Waals surface area contributed by atoms with Crippen LogP contribution in [0.1, 0.15) is 28.4 Å². The number of carbonyl (C=O) groups is 1. The number of nitrogens with zero attached hydrogens (tertiary/aromatic N) is 2. The molecule has 0 aliphatic rings. The average Bonchev–Trinajstić information content (AvgIpc) is 2.73. The number of halogens is 1. The summed E-state index contributed by atoms with van der Waals surface area (Å²) in [6.45, 7) is 3.97. The predicted molar refractivity (Wildman–Crippen MR) is 115 cm³/mol. The van der Waals surface area contributed by atoms with Crippen molar-refractivity contribution in [2.75, 3.05) is 18.4 Å². The molecular weight excluding hydrogens is 370 g/mol. The third-order valence-electron chi connectivity index (χ3n) is 4.50. The zero-order chi connectivity index (χ0) is 19.8. The maximum atomic E-state index is 12.8. The molecule has 0 aliphatic carbocycles. The normalized spacial score (nSPS) is 10.5. The van der Waals surface area contributed by atoms with Crippen LogP contribution in [0.25, 0.3) is 0 Å². The molecule has 1 aromatic heterocycles. The third-order valence-corrected chi connectivity index (χ3v) is 4.74. The van der Waals surface area contributed by atoms with Crippen molar-refractivity contribution >= 4 is 23.3 Å². The summed E-state index contributed by atoms with van der Waals surface area (Å²) < 4.78 is 0. The molecule has 0 fully saturated rings. The van der Waals surface area contributed by atoms with E-state index < -0.39 is 0 Å². The minimum Gasteiger partial charge on any atom is -0.370 e. The highest BCUT2D eigenvalue weighted by molar-refractivity contribution is 6.30. The van der Waals surface area contributed by atoms with Crippen molar-refractivity contribution in [1.82, 2.24) is 9.88 Å². The van der Waals surface area contributed by atoms with Crippen LogP contribution >= 0.6 is 11.6 Å². The summed E-state index contributed by atoms with van der Waals surface area (Å²) >= 11 is 6.01. The number of rotatable bonds is 8. The standard InChI is InChI=1S/C23H24ClN3O/c1-2-27(17-19-7-4-3-5-8-19)23(28)20-11-12-22(26-16-20)25-14-13-18-9-6-10-21(24)15-18/h3-12,15-16H,2,13-14,17H2,1H3,(H,25,26). The molecule has 3 aromatic rings. The molecular formula is C23H24ClN3O. The highest BCUT2D eigenvalue weighted by Gasteiger charge is 2.15. The molecule has 1 heterocycles. The topological polar surface area (TPSA) is 45.2 Å². The van der Waals surface area contributed by atoms with E-state index in [0.717, 1.165) is 29.4 Å². The molecule has 0 spiro atoms. The zero-order valence-electron chi connectivity index (χ0n) is 15.9. The molecule has 0 unspecified atom stereocenters. The minimum atomic E-state index is -0.00988. The van der Waals surface area contributed by atoms with E-state index in [1.165, 1.54) is 5.56 Å². The van der Waals surface area contributed by atoms with Gasteiger partial charge in [0.1, 0.15) is 5.82 Å². The number of hydrogen-bond donors (Lipinski definition) is 1. The maximum Gasteiger partial charge on any atom is 0.255 e. The van der Waals surface area contributed by atoms with Gasteiger partial charge in [0.15, 0.2) is 0 Å². The molecule has 3 rings (SSSR count). The summed E-state index contributed by atoms with van der Waals surface area (Å²) in [5.41, 5.74) is 2.88. The molecule has 0 radical (unpaired) electrons. The number of pyridine rings is 1. The Bertz CT molecular complexity index is 897. The van der Waals surface area contributed by atoms with E-state index in [0.29, 0.717) is 18.7 Å². The first-order chi connectivity index (χ1) is 13.7. The zero-order valence-corrected chi connectivity index (χ0v) is 16.7. The largest absolute Gasteiger partial charge is 0.370 e. The van der Waals surface area contributed by atoms with E-state index in [2.05, 4.69) is 16.4 Å². The van der Waals surface area contributed by atoms with Gasteiger partial charge in [0.05, 0.1) is 5.56 Å². The van der Waals surface area contributed by atoms with Crippen LogP contribution in [0.2, 0.25) is 5.02 Å². The van der Waals surface area contributed by atoms with E-state index in [1.54, 1.807) is 6.20 Å². The SMILES string of the molecule is CCN(Cc1ccccc1)C(=O)c1ccc(NCCc2cccc(Cl)c2)nc1. The Hall–Kier alpha value is -2.85. The Balaban J connectivity index is 1.55. The lowest BCUT2D eigenvalue weighted by Crippen LogP contribution is -2.30. The Kier molecular flexibility index (Phi) is 7.04. The van der Waals surface area contributed by atoms with Crippen molar-refractivity contribution in [3.63, 3.8) is 0 Å². The first kappa shape index (κ1) is 19.9. The van der Waals surface area contributed by atoms with Gasteiger partial charge in [-0.3, -0.25) is 4.79 Å². The van der Waals surface area contributed by atoms with Crippen LogP contribution < -0.4 is 5.32 Å². The molecule has 0 saturated heterocycles. The summed E-state index contributed by atoms with van der Waals surface area (Å²) in [5, 5.41) is 4.03. The van der Waals surface area contributed by atoms with Crippen LogP contribution in [0.4, 0.5) is 5.82 Å². The third kappa shape index (κ3) is 5.57. The van der Waals surface area contributed by atoms with Gasteiger partial charge in [0.2, 0.25) is 0 Å². The van der Waals surface area contributed by atoms with Crippen LogP contribution in [-0.2, 0) is 13.0 Å². The molecule has 0 saturated carbocycles. The summed E-state index contributed by atoms with van der Waals surface area (Å²) in [4.78, 5) is 19.0. The highest BCUT2D eigenvalue weighted by atomic mass is 35.5. The van der Waals surface area contributed by atoms with Crippen LogP contribution in [0.3, 0.4) is 0 Å². The van der Waals surface area contributed by atoms with Crippen molar-refractivity contribution in [2.24, 2.45) is 0 Å². The van der Waals surface area contributed by atoms with Crippen molar-refractivity contribution < 1.29 is 4.79 Å². The van der Waals surface area contributed by atoms with E-state index >= 15 is 0 Å². The lowest BCUT2D eigenvalue weighted by Gasteiger charge is -2.21. The molecule has 5 heteroatoms. The summed E-state index contributed by atoms with van der Waals surface area (Å²) in [6, 6.07) is 21.5. The predicted octanol–water partition coefficient (Wildman–Crippen LogP) is 5.05. The molecule has 28 heavy (non-hydrogen) atoms. The van der Waals surface area contributed by atoms with Gasteiger partial charge in [-0.1, -0.05) is 54.1 Å². The van der Waals surface area contributed by atoms with Gasteiger partial charge in [-0.15, -0.1) is 0 Å². The van der Waals surface area contributed by atoms with Gasteiger partial charge in [0, 0.05) is 30.9 Å². The van der Waals surface area contributed by atoms with E-state index in [1.807, 2.05) is 72.5 Å². The van der Waals surface area contributed by atoms with Crippen LogP contribution in [-0.4, -0.2) is 28.9 Å². The summed E-state index contributed by atoms with van der Waals surface area (Å²) in [6.07, 6.45) is 2.49. The second-order valence-corrected chi connectivity index (χ2v) is 6.98. The molecule has 1 N–H and O–H groups in total. The quantitative estimate of drug-likeness (QED) is 0.582. The van der Waals surface area contributed by atoms with Gasteiger partial charge in [-0.2, -0.15) is 0 Å². The number of amides is 1. The van der Waals surface area contributed by atoms with Gasteiger partial charge < -0.3 is 10.2 Å². The number of nitrogens with one attached hydrogen (secondary N) is 1. The van der Waals surface area contributed by atoms with Gasteiger partial charge in [0.25, 0.3) is 5.91 Å². The molecule has 1 amide bonds. The molecule has 4 nitrogen and oxygen atoms in total. The number of anilines is 1. The molecule has 0 aliphatic heterocycles. The summed E-state index contributed by atoms with van der Waals surface area (Å²) in [7, 11) is 0. The van der Waals surface area contributed by atoms with Gasteiger partial charge in [-0.25, -0.2) is 4.98 Å². The number of benzene rings is 2. The summed E-state index contributed by atoms with van der Waals surface area (Å²) in [5.74, 6) is 0.744. The Morgan fingerprint density at radius 1 is 1.04 bits per heavy atom. The second-order valence-electron chi connectivity index (χ2n) is 6.54. The van der Waals surface area contributed by atoms with Crippen molar-refractivity contribution in [3.8, 4) is 0 Å². The van der Waals surface area contributed by atoms with E-state index in [4.69, 9.17) is 11.6 Å². The lowest BCUT2D eigenvalue weighted by atomic mass is 10.1. The fourth-order valence-corrected chi connectivity index (χ4v) is 3.18. The fourth-order valence-electron chi connectivity index (χ4n) is 2.97. The van der Waals surface area contributed by atoms with Crippen molar-refractivity contribution in [2.45, 2.75) is 19.9 Å². The molecule has 0 bridgehead atoms. The van der Waals surface area contributed by atoms with Crippen LogP contribution in [0, 0.1) is 0 Å². The molecule has 2 aromatic carbocycles. The Morgan fingerprint density at radius 3 is 2.50 bits per heavy atom. The minimum absolute atomic E-state index is 0.00988. The fraction of sp³-hybridized carbons (Fsp3) is 0.217.